The Morgan fingerprint density at radius 1 is 1.64 bits per heavy atom. The van der Waals surface area contributed by atoms with Crippen LogP contribution in [0.5, 0.6) is 0 Å². The predicted molar refractivity (Wildman–Crippen MR) is 37.2 cm³/mol. The summed E-state index contributed by atoms with van der Waals surface area (Å²) in [5.74, 6) is 0. The van der Waals surface area contributed by atoms with Gasteiger partial charge >= 0.3 is 0 Å². The number of rotatable bonds is 3. The first-order valence-corrected chi connectivity index (χ1v) is 4.26. The van der Waals surface area contributed by atoms with Gasteiger partial charge in [-0.1, -0.05) is 0 Å². The van der Waals surface area contributed by atoms with E-state index >= 15 is 0 Å². The van der Waals surface area contributed by atoms with E-state index in [9.17, 15) is 8.42 Å². The van der Waals surface area contributed by atoms with Crippen molar-refractivity contribution in [1.29, 1.82) is 0 Å². The van der Waals surface area contributed by atoms with Crippen molar-refractivity contribution in [3.63, 3.8) is 0 Å². The Balaban J connectivity index is 4.63. The van der Waals surface area contributed by atoms with Gasteiger partial charge in [-0.15, -0.1) is 0 Å². The fourth-order valence-electron chi connectivity index (χ4n) is 0.418. The van der Waals surface area contributed by atoms with Crippen LogP contribution in [0, 0.1) is 0 Å². The summed E-state index contributed by atoms with van der Waals surface area (Å²) in [5.41, 5.74) is 1.20. The molecule has 0 radical (unpaired) electrons. The lowest BCUT2D eigenvalue weighted by molar-refractivity contribution is 0.0987. The molecule has 68 valence electrons. The molecule has 0 saturated heterocycles. The highest BCUT2D eigenvalue weighted by Gasteiger charge is 2.37. The molecule has 0 rings (SSSR count). The van der Waals surface area contributed by atoms with Crippen LogP contribution >= 0.6 is 0 Å². The minimum Gasteiger partial charge on any atom is -0.394 e. The Morgan fingerprint density at radius 3 is 2.09 bits per heavy atom. The van der Waals surface area contributed by atoms with Gasteiger partial charge in [-0.25, -0.2) is 0 Å². The molecule has 0 saturated carbocycles. The highest BCUT2D eigenvalue weighted by Crippen LogP contribution is 2.09. The van der Waals surface area contributed by atoms with Crippen LogP contribution in [-0.4, -0.2) is 40.8 Å². The van der Waals surface area contributed by atoms with E-state index in [1.165, 1.54) is 0 Å². The lowest BCUT2D eigenvalue weighted by atomic mass is 10.1. The zero-order valence-electron chi connectivity index (χ0n) is 5.93. The van der Waals surface area contributed by atoms with E-state index in [1.807, 2.05) is 0 Å². The second-order valence-corrected chi connectivity index (χ2v) is 4.01. The van der Waals surface area contributed by atoms with Gasteiger partial charge in [-0.2, -0.15) is 8.42 Å². The number of hydrogen-bond donors (Lipinski definition) is 4. The second-order valence-electron chi connectivity index (χ2n) is 2.53. The molecule has 0 aliphatic carbocycles. The van der Waals surface area contributed by atoms with E-state index in [-0.39, 0.29) is 0 Å². The third-order valence-corrected chi connectivity index (χ3v) is 2.29. The average molecular weight is 185 g/mol. The van der Waals surface area contributed by atoms with Gasteiger partial charge in [0, 0.05) is 0 Å². The molecule has 11 heavy (non-hydrogen) atoms. The predicted octanol–water partition coefficient (Wildman–Crippen LogP) is -2.10. The van der Waals surface area contributed by atoms with E-state index in [0.29, 0.717) is 0 Å². The first-order valence-electron chi connectivity index (χ1n) is 2.76. The number of aliphatic hydroxyl groups is 2. The molecule has 6 nitrogen and oxygen atoms in total. The molecule has 0 fully saturated rings. The first kappa shape index (κ1) is 10.8. The zero-order valence-corrected chi connectivity index (χ0v) is 6.74. The van der Waals surface area contributed by atoms with Crippen molar-refractivity contribution in [2.75, 3.05) is 6.61 Å². The SMILES string of the molecule is CC(N)(CO)C(O)S(=O)(=O)O. The summed E-state index contributed by atoms with van der Waals surface area (Å²) in [6, 6.07) is 0. The van der Waals surface area contributed by atoms with Crippen molar-refractivity contribution in [1.82, 2.24) is 0 Å². The number of nitrogens with two attached hydrogens (primary N) is 1. The number of hydrogen-bond acceptors (Lipinski definition) is 5. The van der Waals surface area contributed by atoms with Gasteiger partial charge in [0.1, 0.15) is 0 Å². The van der Waals surface area contributed by atoms with Crippen molar-refractivity contribution in [3.8, 4) is 0 Å². The van der Waals surface area contributed by atoms with E-state index in [0.717, 1.165) is 6.92 Å². The maximum absolute atomic E-state index is 10.3. The lowest BCUT2D eigenvalue weighted by Crippen LogP contribution is -2.54. The van der Waals surface area contributed by atoms with Gasteiger partial charge in [-0.3, -0.25) is 4.55 Å². The fourth-order valence-corrected chi connectivity index (χ4v) is 1.17. The molecule has 7 heteroatoms. The molecule has 0 heterocycles. The molecular formula is C4H11NO5S. The summed E-state index contributed by atoms with van der Waals surface area (Å²) in [4.78, 5) is 0. The maximum atomic E-state index is 10.3. The average Bonchev–Trinajstić information content (AvgIpc) is 1.84. The smallest absolute Gasteiger partial charge is 0.293 e. The van der Waals surface area contributed by atoms with Crippen LogP contribution < -0.4 is 5.73 Å². The molecule has 0 aromatic rings. The highest BCUT2D eigenvalue weighted by molar-refractivity contribution is 7.86. The van der Waals surface area contributed by atoms with Crippen molar-refractivity contribution in [3.05, 3.63) is 0 Å². The topological polar surface area (TPSA) is 121 Å². The Labute approximate surface area is 64.4 Å². The van der Waals surface area contributed by atoms with E-state index < -0.39 is 27.7 Å². The summed E-state index contributed by atoms with van der Waals surface area (Å²) in [6.07, 6.45) is 0. The van der Waals surface area contributed by atoms with Gasteiger partial charge in [0.15, 0.2) is 0 Å². The Kier molecular flexibility index (Phi) is 2.98. The molecule has 0 bridgehead atoms. The maximum Gasteiger partial charge on any atom is 0.293 e. The van der Waals surface area contributed by atoms with Gasteiger partial charge < -0.3 is 15.9 Å². The molecule has 2 unspecified atom stereocenters. The summed E-state index contributed by atoms with van der Waals surface area (Å²) in [6.45, 7) is 0.361. The summed E-state index contributed by atoms with van der Waals surface area (Å²) in [7, 11) is -4.60. The Bertz CT molecular complexity index is 221. The molecule has 0 aromatic carbocycles. The number of aliphatic hydroxyl groups excluding tert-OH is 2. The largest absolute Gasteiger partial charge is 0.394 e. The Morgan fingerprint density at radius 2 is 2.00 bits per heavy atom. The molecule has 0 aromatic heterocycles. The normalized spacial score (nSPS) is 20.8. The Hall–Kier alpha value is -0.210. The molecule has 2 atom stereocenters. The first-order chi connectivity index (χ1) is 4.72. The molecular weight excluding hydrogens is 174 g/mol. The van der Waals surface area contributed by atoms with Gasteiger partial charge in [-0.05, 0) is 6.92 Å². The highest BCUT2D eigenvalue weighted by atomic mass is 32.2. The molecule has 5 N–H and O–H groups in total. The lowest BCUT2D eigenvalue weighted by Gasteiger charge is -2.25. The van der Waals surface area contributed by atoms with Gasteiger partial charge in [0.25, 0.3) is 10.1 Å². The molecule has 0 spiro atoms. The fraction of sp³-hybridized carbons (Fsp3) is 1.00. The monoisotopic (exact) mass is 185 g/mol. The van der Waals surface area contributed by atoms with Gasteiger partial charge in [0.2, 0.25) is 5.44 Å². The standard InChI is InChI=1S/C4H11NO5S/c1-4(5,2-6)3(7)11(8,9)10/h3,6-7H,2,5H2,1H3,(H,8,9,10). The molecule has 0 amide bonds. The van der Waals surface area contributed by atoms with Gasteiger partial charge in [0.05, 0.1) is 12.1 Å². The van der Waals surface area contributed by atoms with Crippen LogP contribution in [0.3, 0.4) is 0 Å². The van der Waals surface area contributed by atoms with E-state index in [4.69, 9.17) is 20.5 Å². The van der Waals surface area contributed by atoms with Crippen molar-refractivity contribution < 1.29 is 23.2 Å². The third-order valence-electron chi connectivity index (χ3n) is 1.19. The minimum absolute atomic E-state index is 0.742. The molecule has 0 aliphatic heterocycles. The van der Waals surface area contributed by atoms with Crippen LogP contribution in [0.1, 0.15) is 6.92 Å². The summed E-state index contributed by atoms with van der Waals surface area (Å²) >= 11 is 0. The minimum atomic E-state index is -4.60. The summed E-state index contributed by atoms with van der Waals surface area (Å²) in [5, 5.41) is 17.3. The van der Waals surface area contributed by atoms with Crippen LogP contribution in [0.25, 0.3) is 0 Å². The van der Waals surface area contributed by atoms with Crippen LogP contribution in [0.15, 0.2) is 0 Å². The molecule has 0 aliphatic rings. The van der Waals surface area contributed by atoms with Crippen molar-refractivity contribution >= 4 is 10.1 Å². The van der Waals surface area contributed by atoms with Crippen LogP contribution in [0.4, 0.5) is 0 Å². The third kappa shape index (κ3) is 2.72. The summed E-state index contributed by atoms with van der Waals surface area (Å²) < 4.78 is 28.8. The van der Waals surface area contributed by atoms with Crippen LogP contribution in [-0.2, 0) is 10.1 Å². The van der Waals surface area contributed by atoms with E-state index in [1.54, 1.807) is 0 Å². The quantitative estimate of drug-likeness (QED) is 0.374. The van der Waals surface area contributed by atoms with E-state index in [2.05, 4.69) is 0 Å². The van der Waals surface area contributed by atoms with Crippen molar-refractivity contribution in [2.24, 2.45) is 5.73 Å². The zero-order chi connectivity index (χ0) is 9.28. The van der Waals surface area contributed by atoms with Crippen LogP contribution in [0.2, 0.25) is 0 Å². The second kappa shape index (κ2) is 3.03. The van der Waals surface area contributed by atoms with Crippen molar-refractivity contribution in [2.45, 2.75) is 17.9 Å².